The Hall–Kier alpha value is -3.48. The highest BCUT2D eigenvalue weighted by molar-refractivity contribution is 6.46. The van der Waals surface area contributed by atoms with Crippen molar-refractivity contribution in [2.24, 2.45) is 40.5 Å². The molecule has 1 amide bonds. The number of benzene rings is 1. The standard InChI is InChI=1S/C35H47NO10/c1-14-10-9-11-15(2)35(46)36-22-13-23(37)24-25(32(43)21(8)33(44)26(24)34(22)45)29(40)17(4)12-16(3)28(39)19(6)31(42)20(7)30(41)18(5)27(14)38/h9-14,16,18-21,27-28,30-31,33,37-39,41-42,44-45H,1-8H3/b10-9+,15-11+,17-12+,36-22?/t14-,16-,18+,19+,20+,21?,27-,28-,30+,31+,33?/m0/s1. The maximum atomic E-state index is 13.8. The Morgan fingerprint density at radius 2 is 1.24 bits per heavy atom. The summed E-state index contributed by atoms with van der Waals surface area (Å²) < 4.78 is 0. The highest BCUT2D eigenvalue weighted by Crippen LogP contribution is 2.35. The van der Waals surface area contributed by atoms with E-state index in [1.807, 2.05) is 0 Å². The molecule has 7 N–H and O–H groups in total. The molecule has 1 aliphatic carbocycles. The molecule has 1 aromatic carbocycles. The Bertz CT molecular complexity index is 1590. The predicted octanol–water partition coefficient (Wildman–Crippen LogP) is 1.30. The average Bonchev–Trinajstić information content (AvgIpc) is 3.02. The number of aliphatic hydroxyl groups excluding tert-OH is 5. The molecule has 11 atom stereocenters. The van der Waals surface area contributed by atoms with Gasteiger partial charge in [0.1, 0.15) is 16.9 Å². The number of rotatable bonds is 0. The zero-order valence-corrected chi connectivity index (χ0v) is 27.5. The minimum atomic E-state index is -1.62. The molecule has 252 valence electrons. The van der Waals surface area contributed by atoms with Crippen LogP contribution in [-0.2, 0) is 14.4 Å². The van der Waals surface area contributed by atoms with Crippen molar-refractivity contribution in [2.45, 2.75) is 85.9 Å². The molecule has 4 bridgehead atoms. The Labute approximate surface area is 268 Å². The first kappa shape index (κ1) is 37.0. The van der Waals surface area contributed by atoms with Crippen molar-refractivity contribution in [3.8, 4) is 11.5 Å². The fourth-order valence-electron chi connectivity index (χ4n) is 6.31. The predicted molar refractivity (Wildman–Crippen MR) is 170 cm³/mol. The molecule has 2 unspecified atom stereocenters. The number of phenols is 2. The number of aromatic hydroxyl groups is 2. The van der Waals surface area contributed by atoms with Crippen molar-refractivity contribution >= 4 is 23.0 Å². The topological polar surface area (TPSA) is 205 Å². The maximum absolute atomic E-state index is 13.8. The van der Waals surface area contributed by atoms with Crippen LogP contribution in [0.4, 0.5) is 0 Å². The zero-order valence-electron chi connectivity index (χ0n) is 27.5. The molecule has 2 aliphatic heterocycles. The molecular formula is C35H47NO10. The van der Waals surface area contributed by atoms with Crippen LogP contribution in [0.1, 0.15) is 67.1 Å². The summed E-state index contributed by atoms with van der Waals surface area (Å²) in [5.41, 5.74) is -0.629. The van der Waals surface area contributed by atoms with Crippen molar-refractivity contribution in [3.05, 3.63) is 57.7 Å². The molecular weight excluding hydrogens is 594 g/mol. The van der Waals surface area contributed by atoms with Crippen LogP contribution in [0.25, 0.3) is 5.57 Å². The molecule has 0 fully saturated rings. The second-order valence-corrected chi connectivity index (χ2v) is 13.1. The average molecular weight is 642 g/mol. The van der Waals surface area contributed by atoms with Crippen molar-refractivity contribution in [1.82, 2.24) is 0 Å². The van der Waals surface area contributed by atoms with Gasteiger partial charge < -0.3 is 35.7 Å². The van der Waals surface area contributed by atoms with Crippen LogP contribution >= 0.6 is 0 Å². The van der Waals surface area contributed by atoms with E-state index in [0.717, 1.165) is 6.07 Å². The third kappa shape index (κ3) is 7.08. The van der Waals surface area contributed by atoms with E-state index >= 15 is 0 Å². The second-order valence-electron chi connectivity index (χ2n) is 13.1. The normalized spacial score (nSPS) is 38.4. The summed E-state index contributed by atoms with van der Waals surface area (Å²) in [4.78, 5) is 44.0. The summed E-state index contributed by atoms with van der Waals surface area (Å²) in [5, 5.41) is 76.7. The van der Waals surface area contributed by atoms with E-state index in [2.05, 4.69) is 4.99 Å². The van der Waals surface area contributed by atoms with E-state index in [1.54, 1.807) is 40.7 Å². The first-order valence-corrected chi connectivity index (χ1v) is 15.6. The molecule has 11 nitrogen and oxygen atoms in total. The number of Topliss-reactive ketones (excluding diaryl/α,β-unsaturated/α-hetero) is 2. The lowest BCUT2D eigenvalue weighted by Crippen LogP contribution is -2.45. The van der Waals surface area contributed by atoms with E-state index in [0.29, 0.717) is 0 Å². The first-order valence-electron chi connectivity index (χ1n) is 15.6. The Kier molecular flexibility index (Phi) is 11.7. The molecule has 1 aromatic rings. The smallest absolute Gasteiger partial charge is 0.273 e. The van der Waals surface area contributed by atoms with Gasteiger partial charge in [-0.3, -0.25) is 14.4 Å². The number of hydrogen-bond acceptors (Lipinski definition) is 10. The monoisotopic (exact) mass is 641 g/mol. The molecule has 4 rings (SSSR count). The fourth-order valence-corrected chi connectivity index (χ4v) is 6.31. The van der Waals surface area contributed by atoms with Crippen molar-refractivity contribution in [2.75, 3.05) is 0 Å². The lowest BCUT2D eigenvalue weighted by molar-refractivity contribution is -0.122. The van der Waals surface area contributed by atoms with Gasteiger partial charge in [0.05, 0.1) is 42.0 Å². The SMILES string of the molecule is C/C1=C\C=C\[C@H](C)[C@H](O)[C@@H](C)[C@@H](O)[C@@H](C)[C@H](O)[C@H](C)[C@@H](O)[C@@H](C)/C=C(\C)C(=O)C2=c3c(O)cc(c(O)c3C(O)C(C)C2=O)=NC1=O. The van der Waals surface area contributed by atoms with E-state index in [9.17, 15) is 50.1 Å². The van der Waals surface area contributed by atoms with E-state index < -0.39 is 101 Å². The fraction of sp³-hybridized carbons (Fsp3) is 0.543. The Morgan fingerprint density at radius 3 is 1.80 bits per heavy atom. The van der Waals surface area contributed by atoms with Crippen LogP contribution in [0.5, 0.6) is 11.5 Å². The number of phenolic OH excluding ortho intramolecular Hbond substituents is 2. The van der Waals surface area contributed by atoms with Crippen molar-refractivity contribution in [1.29, 1.82) is 0 Å². The van der Waals surface area contributed by atoms with Crippen LogP contribution in [0.3, 0.4) is 0 Å². The number of allylic oxidation sites excluding steroid dienone is 3. The van der Waals surface area contributed by atoms with Gasteiger partial charge in [0.25, 0.3) is 5.91 Å². The summed E-state index contributed by atoms with van der Waals surface area (Å²) >= 11 is 0. The van der Waals surface area contributed by atoms with Crippen LogP contribution in [0.15, 0.2) is 46.5 Å². The van der Waals surface area contributed by atoms with Gasteiger partial charge in [-0.2, -0.15) is 0 Å². The zero-order chi connectivity index (χ0) is 34.9. The first-order chi connectivity index (χ1) is 21.3. The van der Waals surface area contributed by atoms with Gasteiger partial charge in [-0.05, 0) is 19.4 Å². The molecule has 2 heterocycles. The quantitative estimate of drug-likeness (QED) is 0.202. The molecule has 0 saturated heterocycles. The largest absolute Gasteiger partial charge is 0.507 e. The lowest BCUT2D eigenvalue weighted by Gasteiger charge is -2.36. The van der Waals surface area contributed by atoms with E-state index in [1.165, 1.54) is 39.0 Å². The van der Waals surface area contributed by atoms with Gasteiger partial charge in [0, 0.05) is 52.0 Å². The number of hydrogen-bond donors (Lipinski definition) is 7. The highest BCUT2D eigenvalue weighted by atomic mass is 16.3. The van der Waals surface area contributed by atoms with Gasteiger partial charge in [0.2, 0.25) is 0 Å². The van der Waals surface area contributed by atoms with Gasteiger partial charge in [0.15, 0.2) is 11.6 Å². The summed E-state index contributed by atoms with van der Waals surface area (Å²) in [6.45, 7) is 12.5. The number of fused-ring (bicyclic) bond motifs is 15. The van der Waals surface area contributed by atoms with Gasteiger partial charge in [-0.25, -0.2) is 4.99 Å². The van der Waals surface area contributed by atoms with Gasteiger partial charge >= 0.3 is 0 Å². The Morgan fingerprint density at radius 1 is 0.717 bits per heavy atom. The number of nitrogens with zero attached hydrogens (tertiary/aromatic N) is 1. The minimum Gasteiger partial charge on any atom is -0.507 e. The van der Waals surface area contributed by atoms with Crippen LogP contribution < -0.4 is 10.6 Å². The van der Waals surface area contributed by atoms with Gasteiger partial charge in [-0.1, -0.05) is 65.8 Å². The van der Waals surface area contributed by atoms with Gasteiger partial charge in [-0.15, -0.1) is 0 Å². The van der Waals surface area contributed by atoms with Crippen LogP contribution in [0.2, 0.25) is 0 Å². The summed E-state index contributed by atoms with van der Waals surface area (Å²) in [6.07, 6.45) is -0.146. The third-order valence-electron chi connectivity index (χ3n) is 9.70. The number of carbonyl (C=O) groups is 3. The number of aliphatic hydroxyl groups is 5. The molecule has 0 aromatic heterocycles. The molecule has 0 radical (unpaired) electrons. The molecule has 46 heavy (non-hydrogen) atoms. The molecule has 11 heteroatoms. The molecule has 0 spiro atoms. The van der Waals surface area contributed by atoms with Crippen molar-refractivity contribution < 1.29 is 50.1 Å². The molecule has 0 saturated carbocycles. The maximum Gasteiger partial charge on any atom is 0.273 e. The number of amides is 1. The minimum absolute atomic E-state index is 0.0273. The van der Waals surface area contributed by atoms with E-state index in [4.69, 9.17) is 0 Å². The number of carbonyl (C=O) groups excluding carboxylic acids is 3. The molecule has 3 aliphatic rings. The second kappa shape index (κ2) is 14.5. The summed E-state index contributed by atoms with van der Waals surface area (Å²) in [5.74, 6) is -8.29. The Balaban J connectivity index is 2.30. The van der Waals surface area contributed by atoms with E-state index in [-0.39, 0.29) is 27.3 Å². The summed E-state index contributed by atoms with van der Waals surface area (Å²) in [7, 11) is 0. The van der Waals surface area contributed by atoms with Crippen LogP contribution in [-0.4, -0.2) is 77.6 Å². The lowest BCUT2D eigenvalue weighted by atomic mass is 9.76. The number of ketones is 2. The third-order valence-corrected chi connectivity index (χ3v) is 9.70. The highest BCUT2D eigenvalue weighted by Gasteiger charge is 2.40. The van der Waals surface area contributed by atoms with Crippen LogP contribution in [0, 0.1) is 35.5 Å². The van der Waals surface area contributed by atoms with Crippen molar-refractivity contribution in [3.63, 3.8) is 0 Å². The summed E-state index contributed by atoms with van der Waals surface area (Å²) in [6, 6.07) is 0.939.